The smallest absolute Gasteiger partial charge is 0.156 e. The topological polar surface area (TPSA) is 37.3 Å². The highest BCUT2D eigenvalue weighted by Crippen LogP contribution is 2.54. The second kappa shape index (κ2) is 4.31. The average Bonchev–Trinajstić information content (AvgIpc) is 2.80. The van der Waals surface area contributed by atoms with E-state index in [0.29, 0.717) is 18.1 Å². The highest BCUT2D eigenvalue weighted by molar-refractivity contribution is 5.93. The van der Waals surface area contributed by atoms with Crippen molar-refractivity contribution in [2.45, 2.75) is 57.5 Å². The van der Waals surface area contributed by atoms with Crippen LogP contribution in [-0.2, 0) is 4.79 Å². The minimum Gasteiger partial charge on any atom is -0.393 e. The largest absolute Gasteiger partial charge is 0.393 e. The molecule has 2 fully saturated rings. The molecule has 0 aromatic carbocycles. The number of hydrogen-bond acceptors (Lipinski definition) is 2. The number of aliphatic hydroxyl groups excluding tert-OH is 1. The van der Waals surface area contributed by atoms with E-state index in [9.17, 15) is 9.90 Å². The van der Waals surface area contributed by atoms with Crippen LogP contribution < -0.4 is 0 Å². The summed E-state index contributed by atoms with van der Waals surface area (Å²) in [7, 11) is 0. The summed E-state index contributed by atoms with van der Waals surface area (Å²) >= 11 is 0. The van der Waals surface area contributed by atoms with Crippen molar-refractivity contribution in [1.29, 1.82) is 0 Å². The van der Waals surface area contributed by atoms with E-state index in [1.54, 1.807) is 5.57 Å². The second-order valence-corrected chi connectivity index (χ2v) is 6.80. The van der Waals surface area contributed by atoms with Crippen molar-refractivity contribution < 1.29 is 9.90 Å². The summed E-state index contributed by atoms with van der Waals surface area (Å²) in [5.74, 6) is 2.33. The lowest BCUT2D eigenvalue weighted by Crippen LogP contribution is -2.33. The molecule has 19 heavy (non-hydrogen) atoms. The van der Waals surface area contributed by atoms with E-state index in [0.717, 1.165) is 31.1 Å². The van der Waals surface area contributed by atoms with E-state index in [1.165, 1.54) is 36.8 Å². The number of carbonyl (C=O) groups excluding carboxylic acids is 1. The van der Waals surface area contributed by atoms with Gasteiger partial charge in [-0.15, -0.1) is 0 Å². The van der Waals surface area contributed by atoms with E-state index in [-0.39, 0.29) is 6.10 Å². The van der Waals surface area contributed by atoms with Crippen LogP contribution in [0.3, 0.4) is 0 Å². The Morgan fingerprint density at radius 1 is 0.947 bits per heavy atom. The summed E-state index contributed by atoms with van der Waals surface area (Å²) in [5.41, 5.74) is 4.55. The standard InChI is InChI=1S/C17H22O2/c18-11-2-4-12-10(9-11)1-3-14-13(12)5-6-16-15(14)7-8-17(16)19/h9,14-17,19H,1-8H2/t14-,15+,16?,17+/m1/s1. The van der Waals surface area contributed by atoms with Gasteiger partial charge >= 0.3 is 0 Å². The monoisotopic (exact) mass is 258 g/mol. The van der Waals surface area contributed by atoms with Gasteiger partial charge in [-0.3, -0.25) is 4.79 Å². The minimum absolute atomic E-state index is 0.0403. The molecule has 0 aliphatic heterocycles. The highest BCUT2D eigenvalue weighted by atomic mass is 16.3. The molecule has 0 aromatic rings. The lowest BCUT2D eigenvalue weighted by atomic mass is 9.63. The zero-order valence-corrected chi connectivity index (χ0v) is 11.4. The van der Waals surface area contributed by atoms with Crippen LogP contribution in [0.25, 0.3) is 0 Å². The molecule has 4 aliphatic rings. The Balaban J connectivity index is 1.71. The van der Waals surface area contributed by atoms with Crippen LogP contribution in [-0.4, -0.2) is 17.0 Å². The van der Waals surface area contributed by atoms with E-state index >= 15 is 0 Å². The summed E-state index contributed by atoms with van der Waals surface area (Å²) < 4.78 is 0. The quantitative estimate of drug-likeness (QED) is 0.724. The molecule has 0 amide bonds. The molecule has 4 rings (SSSR count). The van der Waals surface area contributed by atoms with Crippen molar-refractivity contribution >= 4 is 5.78 Å². The maximum absolute atomic E-state index is 11.6. The van der Waals surface area contributed by atoms with Crippen LogP contribution in [0.4, 0.5) is 0 Å². The fourth-order valence-corrected chi connectivity index (χ4v) is 5.17. The molecule has 4 aliphatic carbocycles. The van der Waals surface area contributed by atoms with Crippen LogP contribution in [0.2, 0.25) is 0 Å². The number of carbonyl (C=O) groups is 1. The van der Waals surface area contributed by atoms with E-state index in [4.69, 9.17) is 0 Å². The van der Waals surface area contributed by atoms with Gasteiger partial charge in [-0.25, -0.2) is 0 Å². The number of hydrogen-bond donors (Lipinski definition) is 1. The Kier molecular flexibility index (Phi) is 2.70. The van der Waals surface area contributed by atoms with Gasteiger partial charge in [-0.1, -0.05) is 5.57 Å². The number of ketones is 1. The Morgan fingerprint density at radius 2 is 1.84 bits per heavy atom. The summed E-state index contributed by atoms with van der Waals surface area (Å²) in [6.45, 7) is 0. The lowest BCUT2D eigenvalue weighted by molar-refractivity contribution is -0.114. The van der Waals surface area contributed by atoms with Gasteiger partial charge in [0.25, 0.3) is 0 Å². The molecule has 2 nitrogen and oxygen atoms in total. The van der Waals surface area contributed by atoms with Crippen molar-refractivity contribution in [2.75, 3.05) is 0 Å². The van der Waals surface area contributed by atoms with Gasteiger partial charge in [-0.2, -0.15) is 0 Å². The maximum atomic E-state index is 11.6. The highest BCUT2D eigenvalue weighted by Gasteiger charge is 2.45. The maximum Gasteiger partial charge on any atom is 0.156 e. The zero-order chi connectivity index (χ0) is 13.0. The number of rotatable bonds is 0. The molecule has 0 aromatic heterocycles. The van der Waals surface area contributed by atoms with Crippen LogP contribution in [0.5, 0.6) is 0 Å². The second-order valence-electron chi connectivity index (χ2n) is 6.80. The lowest BCUT2D eigenvalue weighted by Gasteiger charge is -2.42. The van der Waals surface area contributed by atoms with Gasteiger partial charge in [0.15, 0.2) is 5.78 Å². The van der Waals surface area contributed by atoms with Gasteiger partial charge < -0.3 is 5.11 Å². The molecule has 2 saturated carbocycles. The van der Waals surface area contributed by atoms with Gasteiger partial charge in [0.2, 0.25) is 0 Å². The molecule has 0 saturated heterocycles. The Bertz CT molecular complexity index is 485. The van der Waals surface area contributed by atoms with E-state index < -0.39 is 0 Å². The van der Waals surface area contributed by atoms with Crippen molar-refractivity contribution in [3.63, 3.8) is 0 Å². The fraction of sp³-hybridized carbons (Fsp3) is 0.706. The Labute approximate surface area is 114 Å². The van der Waals surface area contributed by atoms with Gasteiger partial charge in [0, 0.05) is 6.42 Å². The normalized spacial score (nSPS) is 41.5. The van der Waals surface area contributed by atoms with Crippen LogP contribution >= 0.6 is 0 Å². The predicted octanol–water partition coefficient (Wildman–Crippen LogP) is 3.16. The van der Waals surface area contributed by atoms with Crippen molar-refractivity contribution in [3.05, 3.63) is 22.8 Å². The van der Waals surface area contributed by atoms with Crippen molar-refractivity contribution in [3.8, 4) is 0 Å². The molecule has 0 spiro atoms. The first-order chi connectivity index (χ1) is 9.24. The molecule has 0 radical (unpaired) electrons. The summed E-state index contributed by atoms with van der Waals surface area (Å²) in [4.78, 5) is 11.6. The molecule has 0 heterocycles. The van der Waals surface area contributed by atoms with Gasteiger partial charge in [0.05, 0.1) is 6.10 Å². The Hall–Kier alpha value is -0.890. The van der Waals surface area contributed by atoms with Crippen molar-refractivity contribution in [2.24, 2.45) is 17.8 Å². The van der Waals surface area contributed by atoms with Gasteiger partial charge in [-0.05, 0) is 79.9 Å². The Morgan fingerprint density at radius 3 is 2.74 bits per heavy atom. The average molecular weight is 258 g/mol. The van der Waals surface area contributed by atoms with Gasteiger partial charge in [0.1, 0.15) is 0 Å². The van der Waals surface area contributed by atoms with Crippen molar-refractivity contribution in [1.82, 2.24) is 0 Å². The third-order valence-corrected chi connectivity index (χ3v) is 6.01. The molecule has 2 heteroatoms. The molecule has 1 unspecified atom stereocenters. The summed E-state index contributed by atoms with van der Waals surface area (Å²) in [6, 6.07) is 0. The third kappa shape index (κ3) is 1.76. The molecule has 4 atom stereocenters. The summed E-state index contributed by atoms with van der Waals surface area (Å²) in [5, 5.41) is 10.1. The molecular formula is C17H22O2. The number of fused-ring (bicyclic) bond motifs is 4. The van der Waals surface area contributed by atoms with Crippen LogP contribution in [0.15, 0.2) is 22.8 Å². The minimum atomic E-state index is -0.0403. The SMILES string of the molecule is O=C1C=C2CC[C@@H]3C(=C2CC1)CCC1[C@H]3CC[C@@H]1O. The first kappa shape index (κ1) is 11.9. The molecule has 102 valence electrons. The number of allylic oxidation sites excluding steroid dienone is 4. The molecule has 1 N–H and O–H groups in total. The first-order valence-corrected chi connectivity index (χ1v) is 7.88. The third-order valence-electron chi connectivity index (χ3n) is 6.01. The molecular weight excluding hydrogens is 236 g/mol. The summed E-state index contributed by atoms with van der Waals surface area (Å²) in [6.07, 6.45) is 10.4. The van der Waals surface area contributed by atoms with Crippen LogP contribution in [0, 0.1) is 17.8 Å². The zero-order valence-electron chi connectivity index (χ0n) is 11.4. The predicted molar refractivity (Wildman–Crippen MR) is 73.5 cm³/mol. The fourth-order valence-electron chi connectivity index (χ4n) is 5.17. The van der Waals surface area contributed by atoms with E-state index in [1.807, 2.05) is 6.08 Å². The molecule has 0 bridgehead atoms. The van der Waals surface area contributed by atoms with Crippen LogP contribution in [0.1, 0.15) is 51.4 Å². The first-order valence-electron chi connectivity index (χ1n) is 7.88. The van der Waals surface area contributed by atoms with E-state index in [2.05, 4.69) is 0 Å². The number of aliphatic hydroxyl groups is 1.